The Balaban J connectivity index is 0.662. The number of nitrogens with zero attached hydrogens (tertiary/aromatic N) is 9. The molecule has 18 heteroatoms. The van der Waals surface area contributed by atoms with Gasteiger partial charge in [0.25, 0.3) is 0 Å². The smallest absolute Gasteiger partial charge is 0.246 e. The van der Waals surface area contributed by atoms with E-state index in [1.807, 2.05) is 82.6 Å². The molecule has 2 unspecified atom stereocenters. The molecule has 2 aromatic heterocycles. The quantitative estimate of drug-likeness (QED) is 0.0910. The average Bonchev–Trinajstić information content (AvgIpc) is 4.09. The SMILES string of the molecule is CC(C)(C)[C@H](NC(=O)C1CCC(N2CCC(c3cnc(N4C5CCC4CN(c4cc(-c6ccccc6O)nnc4N)C5)nc3)CC2)CC1)C(=O)N1C[C@H](O)C[C@H]1C1=N[C@@](C)(c2ccc(-c3ccccc3F)cc2)ON1. The van der Waals surface area contributed by atoms with Gasteiger partial charge in [-0.3, -0.25) is 9.59 Å². The number of aromatic hydroxyl groups is 1. The highest BCUT2D eigenvalue weighted by Gasteiger charge is 2.48. The van der Waals surface area contributed by atoms with Crippen LogP contribution in [0.4, 0.5) is 21.8 Å². The topological polar surface area (TPSA) is 211 Å². The third-order valence-corrected chi connectivity index (χ3v) is 16.8. The molecule has 75 heavy (non-hydrogen) atoms. The molecule has 6 atom stereocenters. The number of para-hydroxylation sites is 1. The molecule has 5 aliphatic heterocycles. The number of aliphatic hydroxyl groups is 1. The summed E-state index contributed by atoms with van der Waals surface area (Å²) in [5, 5.41) is 33.1. The number of hydroxylamine groups is 1. The van der Waals surface area contributed by atoms with Gasteiger partial charge in [0.15, 0.2) is 5.82 Å². The summed E-state index contributed by atoms with van der Waals surface area (Å²) in [7, 11) is 0. The number of amides is 2. The zero-order valence-corrected chi connectivity index (χ0v) is 43.3. The first kappa shape index (κ1) is 50.4. The Hall–Kier alpha value is -6.76. The van der Waals surface area contributed by atoms with Crippen molar-refractivity contribution in [2.75, 3.05) is 48.3 Å². The number of nitrogen functional groups attached to an aromatic ring is 1. The van der Waals surface area contributed by atoms with Crippen LogP contribution in [-0.2, 0) is 20.2 Å². The zero-order chi connectivity index (χ0) is 52.2. The van der Waals surface area contributed by atoms with Gasteiger partial charge in [-0.2, -0.15) is 0 Å². The summed E-state index contributed by atoms with van der Waals surface area (Å²) in [5.41, 5.74) is 12.8. The van der Waals surface area contributed by atoms with Crippen LogP contribution in [0.2, 0.25) is 0 Å². The number of anilines is 3. The van der Waals surface area contributed by atoms with Crippen molar-refractivity contribution in [3.8, 4) is 28.1 Å². The van der Waals surface area contributed by atoms with E-state index in [0.717, 1.165) is 100 Å². The van der Waals surface area contributed by atoms with Gasteiger partial charge in [-0.25, -0.2) is 29.7 Å². The summed E-state index contributed by atoms with van der Waals surface area (Å²) in [4.78, 5) is 58.5. The van der Waals surface area contributed by atoms with E-state index in [1.54, 1.807) is 35.2 Å². The summed E-state index contributed by atoms with van der Waals surface area (Å²) in [6, 6.07) is 22.5. The number of phenols is 1. The van der Waals surface area contributed by atoms with Crippen molar-refractivity contribution in [2.45, 2.75) is 133 Å². The Kier molecular flexibility index (Phi) is 13.7. The summed E-state index contributed by atoms with van der Waals surface area (Å²) < 4.78 is 14.5. The fourth-order valence-electron chi connectivity index (χ4n) is 12.6. The number of piperidine rings is 1. The van der Waals surface area contributed by atoms with Gasteiger partial charge in [-0.05, 0) is 118 Å². The number of piperazine rings is 1. The normalized spacial score (nSPS) is 26.7. The largest absolute Gasteiger partial charge is 0.507 e. The van der Waals surface area contributed by atoms with Crippen molar-refractivity contribution in [1.29, 1.82) is 0 Å². The van der Waals surface area contributed by atoms with E-state index >= 15 is 0 Å². The van der Waals surface area contributed by atoms with Crippen LogP contribution in [0.3, 0.4) is 0 Å². The first-order chi connectivity index (χ1) is 36.1. The molecule has 0 radical (unpaired) electrons. The van der Waals surface area contributed by atoms with E-state index in [1.165, 1.54) is 11.6 Å². The minimum atomic E-state index is -1.13. The van der Waals surface area contributed by atoms with Crippen molar-refractivity contribution >= 4 is 35.1 Å². The van der Waals surface area contributed by atoms with Crippen molar-refractivity contribution in [2.24, 2.45) is 16.3 Å². The summed E-state index contributed by atoms with van der Waals surface area (Å²) in [5.74, 6) is 1.24. The van der Waals surface area contributed by atoms with Gasteiger partial charge in [0.1, 0.15) is 23.4 Å². The van der Waals surface area contributed by atoms with Crippen LogP contribution in [0.5, 0.6) is 5.75 Å². The zero-order valence-electron chi connectivity index (χ0n) is 43.3. The highest BCUT2D eigenvalue weighted by molar-refractivity contribution is 5.96. The highest BCUT2D eigenvalue weighted by atomic mass is 19.1. The second kappa shape index (κ2) is 20.4. The van der Waals surface area contributed by atoms with E-state index in [4.69, 9.17) is 25.5 Å². The van der Waals surface area contributed by atoms with Crippen molar-refractivity contribution in [1.82, 2.24) is 40.8 Å². The number of hydrogen-bond acceptors (Lipinski definition) is 15. The van der Waals surface area contributed by atoms with Gasteiger partial charge >= 0.3 is 0 Å². The number of β-amino-alcohol motifs (C(OH)–C–C–N with tert-alkyl or cyclic N) is 1. The summed E-state index contributed by atoms with van der Waals surface area (Å²) in [6.07, 6.45) is 11.0. The first-order valence-electron chi connectivity index (χ1n) is 26.8. The van der Waals surface area contributed by atoms with Crippen LogP contribution in [0.1, 0.15) is 103 Å². The molecule has 1 aliphatic carbocycles. The number of aliphatic imine (C=N–C) groups is 1. The molecule has 394 valence electrons. The number of rotatable bonds is 11. The van der Waals surface area contributed by atoms with Gasteiger partial charge < -0.3 is 40.9 Å². The highest BCUT2D eigenvalue weighted by Crippen LogP contribution is 2.40. The lowest BCUT2D eigenvalue weighted by atomic mass is 9.81. The standard InChI is InChI=1S/C57H69FN12O5/c1-56(2,3)50(54(74)69-33-42(71)27-48(69)52-63-57(4,75-66-52)38-17-13-35(14-18-38)43-9-5-7-11-45(43)58)62-53(73)36-15-19-39(20-16-36)67-25-23-34(24-26-67)37-29-60-55(61-30-37)70-40-21-22-41(70)32-68(31-40)47-28-46(64-65-51(47)59)44-10-6-8-12-49(44)72/h5-14,17-18,28-30,34,36,39-42,48,50,71-72H,15-16,19-27,31-33H2,1-4H3,(H2,59,65)(H,62,73)(H,63,66)/t36?,39?,40?,41?,42-,48+,50-,57-/m1/s1. The number of phenolic OH excluding ortho intramolecular Hbond substituents is 1. The number of benzene rings is 3. The van der Waals surface area contributed by atoms with Gasteiger partial charge in [-0.1, -0.05) is 75.4 Å². The Bertz CT molecular complexity index is 2910. The van der Waals surface area contributed by atoms with Crippen molar-refractivity contribution in [3.05, 3.63) is 108 Å². The number of carbonyl (C=O) groups excluding carboxylic acids is 2. The molecular weight excluding hydrogens is 952 g/mol. The van der Waals surface area contributed by atoms with Gasteiger partial charge in [0.05, 0.1) is 23.5 Å². The Morgan fingerprint density at radius 3 is 2.17 bits per heavy atom. The van der Waals surface area contributed by atoms with E-state index in [-0.39, 0.29) is 54.3 Å². The van der Waals surface area contributed by atoms with Gasteiger partial charge in [0, 0.05) is 79.2 Å². The number of hydrogen-bond donors (Lipinski definition) is 5. The van der Waals surface area contributed by atoms with E-state index in [2.05, 4.69) is 35.7 Å². The maximum absolute atomic E-state index is 14.6. The number of halogens is 1. The Morgan fingerprint density at radius 2 is 1.51 bits per heavy atom. The molecule has 11 rings (SSSR count). The first-order valence-corrected chi connectivity index (χ1v) is 26.8. The predicted molar refractivity (Wildman–Crippen MR) is 285 cm³/mol. The lowest BCUT2D eigenvalue weighted by Gasteiger charge is -2.42. The number of amidine groups is 1. The molecule has 6 aliphatic rings. The molecular formula is C57H69FN12O5. The van der Waals surface area contributed by atoms with E-state index in [9.17, 15) is 24.2 Å². The van der Waals surface area contributed by atoms with Crippen LogP contribution in [0.25, 0.3) is 22.4 Å². The maximum atomic E-state index is 14.6. The Morgan fingerprint density at radius 1 is 0.853 bits per heavy atom. The van der Waals surface area contributed by atoms with Crippen LogP contribution >= 0.6 is 0 Å². The van der Waals surface area contributed by atoms with E-state index < -0.39 is 29.3 Å². The summed E-state index contributed by atoms with van der Waals surface area (Å²) >= 11 is 0. The number of carbonyl (C=O) groups is 2. The van der Waals surface area contributed by atoms with E-state index in [0.29, 0.717) is 40.4 Å². The van der Waals surface area contributed by atoms with Crippen LogP contribution in [0.15, 0.2) is 96.2 Å². The lowest BCUT2D eigenvalue weighted by Crippen LogP contribution is -2.58. The number of likely N-dealkylation sites (tertiary alicyclic amines) is 2. The second-order valence-electron chi connectivity index (χ2n) is 22.8. The number of fused-ring (bicyclic) bond motifs is 2. The number of aromatic nitrogens is 4. The molecule has 5 fully saturated rings. The number of nitrogens with two attached hydrogens (primary N) is 1. The van der Waals surface area contributed by atoms with Crippen molar-refractivity contribution in [3.63, 3.8) is 0 Å². The molecule has 6 N–H and O–H groups in total. The molecule has 3 aromatic carbocycles. The maximum Gasteiger partial charge on any atom is 0.246 e. The molecule has 2 bridgehead atoms. The third kappa shape index (κ3) is 10.1. The Labute approximate surface area is 437 Å². The number of nitrogens with one attached hydrogen (secondary N) is 2. The minimum Gasteiger partial charge on any atom is -0.507 e. The lowest BCUT2D eigenvalue weighted by molar-refractivity contribution is -0.141. The van der Waals surface area contributed by atoms with Crippen LogP contribution < -0.4 is 26.3 Å². The molecule has 4 saturated heterocycles. The predicted octanol–water partition coefficient (Wildman–Crippen LogP) is 6.92. The van der Waals surface area contributed by atoms with Crippen LogP contribution in [0, 0.1) is 17.2 Å². The average molecular weight is 1020 g/mol. The van der Waals surface area contributed by atoms with Gasteiger partial charge in [-0.15, -0.1) is 10.2 Å². The molecule has 7 heterocycles. The minimum absolute atomic E-state index is 0.101. The molecule has 1 saturated carbocycles. The molecule has 17 nitrogen and oxygen atoms in total. The number of aliphatic hydroxyl groups excluding tert-OH is 1. The second-order valence-corrected chi connectivity index (χ2v) is 22.8. The fraction of sp³-hybridized carbons (Fsp3) is 0.491. The summed E-state index contributed by atoms with van der Waals surface area (Å²) in [6.45, 7) is 11.3. The van der Waals surface area contributed by atoms with Gasteiger partial charge in [0.2, 0.25) is 23.5 Å². The molecule has 2 amide bonds. The fourth-order valence-corrected chi connectivity index (χ4v) is 12.6. The molecule has 5 aromatic rings. The molecule has 0 spiro atoms. The monoisotopic (exact) mass is 1020 g/mol. The third-order valence-electron chi connectivity index (χ3n) is 16.8. The van der Waals surface area contributed by atoms with Crippen molar-refractivity contribution < 1.29 is 29.0 Å². The van der Waals surface area contributed by atoms with Crippen LogP contribution in [-0.4, -0.2) is 127 Å².